The largest absolute Gasteiger partial charge is 0.478 e. The number of primary amides is 1. The third-order valence-corrected chi connectivity index (χ3v) is 3.01. The van der Waals surface area contributed by atoms with Gasteiger partial charge in [-0.15, -0.1) is 0 Å². The van der Waals surface area contributed by atoms with Crippen LogP contribution in [0, 0.1) is 0 Å². The summed E-state index contributed by atoms with van der Waals surface area (Å²) in [4.78, 5) is 38.8. The Bertz CT molecular complexity index is 531. The molecule has 0 saturated carbocycles. The van der Waals surface area contributed by atoms with Crippen LogP contribution in [-0.4, -0.2) is 46.4 Å². The van der Waals surface area contributed by atoms with E-state index < -0.39 is 11.9 Å². The van der Waals surface area contributed by atoms with Crippen LogP contribution >= 0.6 is 0 Å². The van der Waals surface area contributed by atoms with Crippen molar-refractivity contribution in [1.29, 1.82) is 0 Å². The molecule has 1 aromatic rings. The SMILES string of the molecule is CN(CCC(N)=O)C(=O)CCCc1cc(C(=O)O)ccn1. The monoisotopic (exact) mass is 293 g/mol. The summed E-state index contributed by atoms with van der Waals surface area (Å²) < 4.78 is 0. The molecule has 114 valence electrons. The van der Waals surface area contributed by atoms with Gasteiger partial charge in [-0.1, -0.05) is 0 Å². The number of amides is 2. The van der Waals surface area contributed by atoms with Crippen molar-refractivity contribution in [1.82, 2.24) is 9.88 Å². The fourth-order valence-corrected chi connectivity index (χ4v) is 1.76. The lowest BCUT2D eigenvalue weighted by Crippen LogP contribution is -2.30. The van der Waals surface area contributed by atoms with E-state index in [1.54, 1.807) is 7.05 Å². The van der Waals surface area contributed by atoms with Crippen molar-refractivity contribution in [3.8, 4) is 0 Å². The summed E-state index contributed by atoms with van der Waals surface area (Å²) in [6.45, 7) is 0.306. The number of hydrogen-bond acceptors (Lipinski definition) is 4. The lowest BCUT2D eigenvalue weighted by Gasteiger charge is -2.15. The number of nitrogens with two attached hydrogens (primary N) is 1. The molecule has 0 radical (unpaired) electrons. The van der Waals surface area contributed by atoms with Gasteiger partial charge in [0, 0.05) is 38.3 Å². The third kappa shape index (κ3) is 6.03. The highest BCUT2D eigenvalue weighted by Gasteiger charge is 2.10. The molecule has 7 heteroatoms. The summed E-state index contributed by atoms with van der Waals surface area (Å²) in [7, 11) is 1.62. The first kappa shape index (κ1) is 16.6. The molecule has 1 heterocycles. The maximum atomic E-state index is 11.8. The summed E-state index contributed by atoms with van der Waals surface area (Å²) in [5.41, 5.74) is 5.85. The number of hydrogen-bond donors (Lipinski definition) is 2. The summed E-state index contributed by atoms with van der Waals surface area (Å²) in [5.74, 6) is -1.52. The Morgan fingerprint density at radius 3 is 2.67 bits per heavy atom. The first-order valence-electron chi connectivity index (χ1n) is 6.60. The quantitative estimate of drug-likeness (QED) is 0.721. The van der Waals surface area contributed by atoms with E-state index in [1.165, 1.54) is 23.2 Å². The molecular formula is C14H19N3O4. The topological polar surface area (TPSA) is 114 Å². The number of pyridine rings is 1. The van der Waals surface area contributed by atoms with Gasteiger partial charge in [0.2, 0.25) is 11.8 Å². The Morgan fingerprint density at radius 2 is 2.05 bits per heavy atom. The molecule has 0 aliphatic rings. The molecule has 21 heavy (non-hydrogen) atoms. The molecule has 2 amide bonds. The summed E-state index contributed by atoms with van der Waals surface area (Å²) in [5, 5.41) is 8.87. The van der Waals surface area contributed by atoms with Gasteiger partial charge in [-0.3, -0.25) is 14.6 Å². The highest BCUT2D eigenvalue weighted by molar-refractivity contribution is 5.87. The smallest absolute Gasteiger partial charge is 0.335 e. The van der Waals surface area contributed by atoms with Crippen LogP contribution < -0.4 is 5.73 Å². The number of carbonyl (C=O) groups excluding carboxylic acids is 2. The molecule has 0 spiro atoms. The van der Waals surface area contributed by atoms with Crippen LogP contribution in [0.15, 0.2) is 18.3 Å². The van der Waals surface area contributed by atoms with Crippen LogP contribution in [0.1, 0.15) is 35.3 Å². The van der Waals surface area contributed by atoms with Crippen molar-refractivity contribution in [3.63, 3.8) is 0 Å². The Hall–Kier alpha value is -2.44. The molecule has 3 N–H and O–H groups in total. The van der Waals surface area contributed by atoms with Crippen molar-refractivity contribution in [2.75, 3.05) is 13.6 Å². The molecule has 1 rings (SSSR count). The van der Waals surface area contributed by atoms with Crippen molar-refractivity contribution >= 4 is 17.8 Å². The van der Waals surface area contributed by atoms with E-state index in [2.05, 4.69) is 4.98 Å². The Kier molecular flexibility index (Phi) is 6.32. The molecule has 0 unspecified atom stereocenters. The van der Waals surface area contributed by atoms with E-state index in [0.29, 0.717) is 31.5 Å². The predicted molar refractivity (Wildman–Crippen MR) is 75.6 cm³/mol. The molecule has 0 saturated heterocycles. The molecule has 7 nitrogen and oxygen atoms in total. The van der Waals surface area contributed by atoms with Gasteiger partial charge < -0.3 is 15.7 Å². The highest BCUT2D eigenvalue weighted by atomic mass is 16.4. The lowest BCUT2D eigenvalue weighted by molar-refractivity contribution is -0.130. The molecule has 0 fully saturated rings. The average molecular weight is 293 g/mol. The van der Waals surface area contributed by atoms with Gasteiger partial charge >= 0.3 is 5.97 Å². The van der Waals surface area contributed by atoms with Gasteiger partial charge in [-0.25, -0.2) is 4.79 Å². The third-order valence-electron chi connectivity index (χ3n) is 3.01. The summed E-state index contributed by atoms with van der Waals surface area (Å²) in [6.07, 6.45) is 2.99. The molecule has 0 bridgehead atoms. The number of aromatic nitrogens is 1. The number of carboxylic acid groups (broad SMARTS) is 1. The standard InChI is InChI=1S/C14H19N3O4/c1-17(8-6-12(15)18)13(19)4-2-3-11-9-10(14(20)21)5-7-16-11/h5,7,9H,2-4,6,8H2,1H3,(H2,15,18)(H,20,21). The van der Waals surface area contributed by atoms with Gasteiger partial charge in [-0.05, 0) is 25.0 Å². The second kappa shape index (κ2) is 7.98. The number of aryl methyl sites for hydroxylation is 1. The maximum absolute atomic E-state index is 11.8. The minimum Gasteiger partial charge on any atom is -0.478 e. The van der Waals surface area contributed by atoms with Gasteiger partial charge in [0.1, 0.15) is 0 Å². The van der Waals surface area contributed by atoms with Crippen LogP contribution in [0.25, 0.3) is 0 Å². The average Bonchev–Trinajstić information content (AvgIpc) is 2.44. The first-order chi connectivity index (χ1) is 9.90. The zero-order valence-electron chi connectivity index (χ0n) is 11.9. The minimum atomic E-state index is -0.999. The fourth-order valence-electron chi connectivity index (χ4n) is 1.76. The Balaban J connectivity index is 2.39. The van der Waals surface area contributed by atoms with Gasteiger partial charge in [-0.2, -0.15) is 0 Å². The van der Waals surface area contributed by atoms with Crippen LogP contribution in [0.5, 0.6) is 0 Å². The number of carbonyl (C=O) groups is 3. The second-order valence-electron chi connectivity index (χ2n) is 4.73. The predicted octanol–water partition coefficient (Wildman–Crippen LogP) is 0.436. The minimum absolute atomic E-state index is 0.0781. The number of aromatic carboxylic acids is 1. The van der Waals surface area contributed by atoms with Crippen LogP contribution in [0.4, 0.5) is 0 Å². The Morgan fingerprint density at radius 1 is 1.33 bits per heavy atom. The van der Waals surface area contributed by atoms with E-state index >= 15 is 0 Å². The number of rotatable bonds is 8. The van der Waals surface area contributed by atoms with Crippen molar-refractivity contribution in [3.05, 3.63) is 29.6 Å². The summed E-state index contributed by atoms with van der Waals surface area (Å²) in [6, 6.07) is 2.93. The van der Waals surface area contributed by atoms with Crippen molar-refractivity contribution < 1.29 is 19.5 Å². The second-order valence-corrected chi connectivity index (χ2v) is 4.73. The fraction of sp³-hybridized carbons (Fsp3) is 0.429. The van der Waals surface area contributed by atoms with E-state index in [9.17, 15) is 14.4 Å². The molecule has 1 aromatic heterocycles. The first-order valence-corrected chi connectivity index (χ1v) is 6.60. The Labute approximate surface area is 122 Å². The van der Waals surface area contributed by atoms with Gasteiger partial charge in [0.15, 0.2) is 0 Å². The van der Waals surface area contributed by atoms with Gasteiger partial charge in [0.25, 0.3) is 0 Å². The normalized spacial score (nSPS) is 10.1. The van der Waals surface area contributed by atoms with Crippen molar-refractivity contribution in [2.45, 2.75) is 25.7 Å². The zero-order chi connectivity index (χ0) is 15.8. The van der Waals surface area contributed by atoms with Crippen LogP contribution in [0.2, 0.25) is 0 Å². The van der Waals surface area contributed by atoms with E-state index in [-0.39, 0.29) is 17.9 Å². The zero-order valence-corrected chi connectivity index (χ0v) is 11.9. The highest BCUT2D eigenvalue weighted by Crippen LogP contribution is 2.07. The van der Waals surface area contributed by atoms with Crippen molar-refractivity contribution in [2.24, 2.45) is 5.73 Å². The van der Waals surface area contributed by atoms with E-state index in [1.807, 2.05) is 0 Å². The molecule has 0 aliphatic carbocycles. The maximum Gasteiger partial charge on any atom is 0.335 e. The molecule has 0 aliphatic heterocycles. The lowest BCUT2D eigenvalue weighted by atomic mass is 10.1. The molecule has 0 atom stereocenters. The summed E-state index contributed by atoms with van der Waals surface area (Å²) >= 11 is 0. The molecule has 0 aromatic carbocycles. The van der Waals surface area contributed by atoms with Crippen LogP contribution in [0.3, 0.4) is 0 Å². The van der Waals surface area contributed by atoms with Crippen LogP contribution in [-0.2, 0) is 16.0 Å². The van der Waals surface area contributed by atoms with E-state index in [0.717, 1.165) is 0 Å². The van der Waals surface area contributed by atoms with E-state index in [4.69, 9.17) is 10.8 Å². The van der Waals surface area contributed by atoms with Gasteiger partial charge in [0.05, 0.1) is 5.56 Å². The number of nitrogens with zero attached hydrogens (tertiary/aromatic N) is 2. The molecular weight excluding hydrogens is 274 g/mol. The number of carboxylic acids is 1.